The molecular formula is C17H31N7O5S2. The molecule has 4 unspecified atom stereocenters. The van der Waals surface area contributed by atoms with Gasteiger partial charge in [0.15, 0.2) is 5.96 Å². The molecule has 1 saturated heterocycles. The first-order valence-electron chi connectivity index (χ1n) is 9.84. The molecule has 1 fully saturated rings. The van der Waals surface area contributed by atoms with E-state index in [0.717, 1.165) is 13.0 Å². The molecule has 0 aromatic rings. The van der Waals surface area contributed by atoms with Gasteiger partial charge in [-0.05, 0) is 32.2 Å². The molecule has 0 bridgehead atoms. The lowest BCUT2D eigenvalue weighted by Crippen LogP contribution is -2.57. The van der Waals surface area contributed by atoms with Crippen LogP contribution in [0.1, 0.15) is 25.7 Å². The van der Waals surface area contributed by atoms with Crippen molar-refractivity contribution in [2.24, 2.45) is 16.5 Å². The lowest BCUT2D eigenvalue weighted by molar-refractivity contribution is -0.141. The Labute approximate surface area is 191 Å². The Morgan fingerprint density at radius 1 is 1.03 bits per heavy atom. The van der Waals surface area contributed by atoms with Crippen molar-refractivity contribution >= 4 is 54.9 Å². The molecule has 14 heteroatoms. The van der Waals surface area contributed by atoms with Gasteiger partial charge < -0.3 is 37.8 Å². The van der Waals surface area contributed by atoms with E-state index < -0.39 is 35.9 Å². The van der Waals surface area contributed by atoms with Gasteiger partial charge in [-0.2, -0.15) is 25.3 Å². The number of rotatable bonds is 13. The summed E-state index contributed by atoms with van der Waals surface area (Å²) in [6.07, 6.45) is 2.16. The van der Waals surface area contributed by atoms with Gasteiger partial charge in [0.2, 0.25) is 17.7 Å². The standard InChI is InChI=1S/C17H31N7O5S2/c18-17(19)21-6-2-4-10(22-13(25)9-3-1-5-20-9)14(26)23-11(7-30)15(27)24-12(8-31)16(28)29/h9-12,20,30-31H,1-8H2,(H,22,25)(H,23,26)(H,24,27)(H,28,29)(H4,18,19,21). The minimum atomic E-state index is -1.25. The largest absolute Gasteiger partial charge is 0.480 e. The van der Waals surface area contributed by atoms with Crippen LogP contribution in [0.25, 0.3) is 0 Å². The second-order valence-corrected chi connectivity index (χ2v) is 7.71. The zero-order valence-corrected chi connectivity index (χ0v) is 18.8. The number of hydrogen-bond acceptors (Lipinski definition) is 8. The van der Waals surface area contributed by atoms with Crippen LogP contribution in [0.15, 0.2) is 4.99 Å². The second-order valence-electron chi connectivity index (χ2n) is 6.98. The molecule has 1 aliphatic heterocycles. The van der Waals surface area contributed by atoms with Gasteiger partial charge in [-0.3, -0.25) is 19.4 Å². The minimum absolute atomic E-state index is 0.0741. The molecule has 31 heavy (non-hydrogen) atoms. The summed E-state index contributed by atoms with van der Waals surface area (Å²) in [7, 11) is 0. The van der Waals surface area contributed by atoms with Gasteiger partial charge in [0, 0.05) is 18.1 Å². The first-order valence-corrected chi connectivity index (χ1v) is 11.1. The highest BCUT2D eigenvalue weighted by molar-refractivity contribution is 7.80. The highest BCUT2D eigenvalue weighted by Crippen LogP contribution is 2.07. The fraction of sp³-hybridized carbons (Fsp3) is 0.706. The van der Waals surface area contributed by atoms with Crippen molar-refractivity contribution in [1.82, 2.24) is 21.3 Å². The van der Waals surface area contributed by atoms with Crippen LogP contribution in [0.5, 0.6) is 0 Å². The van der Waals surface area contributed by atoms with Crippen LogP contribution in [0, 0.1) is 0 Å². The number of thiol groups is 2. The number of nitrogens with two attached hydrogens (primary N) is 2. The summed E-state index contributed by atoms with van der Waals surface area (Å²) in [5.74, 6) is -3.14. The Balaban J connectivity index is 2.79. The van der Waals surface area contributed by atoms with Crippen molar-refractivity contribution < 1.29 is 24.3 Å². The maximum Gasteiger partial charge on any atom is 0.327 e. The number of carboxylic acids is 1. The van der Waals surface area contributed by atoms with E-state index in [9.17, 15) is 19.2 Å². The Bertz CT molecular complexity index is 669. The third-order valence-corrected chi connectivity index (χ3v) is 5.30. The molecule has 4 atom stereocenters. The van der Waals surface area contributed by atoms with Crippen LogP contribution >= 0.6 is 25.3 Å². The van der Waals surface area contributed by atoms with Crippen LogP contribution in [-0.4, -0.2) is 83.5 Å². The van der Waals surface area contributed by atoms with E-state index in [2.05, 4.69) is 51.5 Å². The van der Waals surface area contributed by atoms with E-state index in [-0.39, 0.29) is 42.4 Å². The minimum Gasteiger partial charge on any atom is -0.480 e. The second kappa shape index (κ2) is 14.0. The van der Waals surface area contributed by atoms with Gasteiger partial charge in [-0.25, -0.2) is 4.79 Å². The number of amides is 3. The molecule has 0 aromatic carbocycles. The van der Waals surface area contributed by atoms with Gasteiger partial charge in [0.25, 0.3) is 0 Å². The predicted octanol–water partition coefficient (Wildman–Crippen LogP) is -2.81. The number of aliphatic imine (C=N–C) groups is 1. The zero-order chi connectivity index (χ0) is 23.4. The van der Waals surface area contributed by atoms with Crippen LogP contribution in [-0.2, 0) is 19.2 Å². The number of carbonyl (C=O) groups is 4. The van der Waals surface area contributed by atoms with E-state index >= 15 is 0 Å². The van der Waals surface area contributed by atoms with Crippen LogP contribution in [0.3, 0.4) is 0 Å². The number of nitrogens with zero attached hydrogens (tertiary/aromatic N) is 1. The smallest absolute Gasteiger partial charge is 0.327 e. The number of carboxylic acid groups (broad SMARTS) is 1. The summed E-state index contributed by atoms with van der Waals surface area (Å²) in [6, 6.07) is -3.62. The number of guanidine groups is 1. The number of aliphatic carboxylic acids is 1. The Hall–Kier alpha value is -2.19. The predicted molar refractivity (Wildman–Crippen MR) is 122 cm³/mol. The fourth-order valence-corrected chi connectivity index (χ4v) is 3.38. The molecule has 1 aliphatic rings. The first kappa shape index (κ1) is 26.8. The first-order chi connectivity index (χ1) is 14.7. The van der Waals surface area contributed by atoms with Gasteiger partial charge in [-0.1, -0.05) is 0 Å². The molecule has 9 N–H and O–H groups in total. The summed E-state index contributed by atoms with van der Waals surface area (Å²) in [5.41, 5.74) is 10.6. The lowest BCUT2D eigenvalue weighted by Gasteiger charge is -2.24. The molecule has 3 amide bonds. The van der Waals surface area contributed by atoms with E-state index in [4.69, 9.17) is 16.6 Å². The van der Waals surface area contributed by atoms with Gasteiger partial charge in [0.1, 0.15) is 18.1 Å². The summed E-state index contributed by atoms with van der Waals surface area (Å²) in [4.78, 5) is 52.6. The highest BCUT2D eigenvalue weighted by Gasteiger charge is 2.30. The number of carbonyl (C=O) groups excluding carboxylic acids is 3. The van der Waals surface area contributed by atoms with Crippen molar-refractivity contribution in [1.29, 1.82) is 0 Å². The molecule has 1 rings (SSSR count). The normalized spacial score (nSPS) is 18.3. The maximum absolute atomic E-state index is 12.8. The SMILES string of the molecule is NC(N)=NCCCC(NC(=O)C1CCCN1)C(=O)NC(CS)C(=O)NC(CS)C(=O)O. The molecule has 0 aliphatic carbocycles. The van der Waals surface area contributed by atoms with Crippen LogP contribution < -0.4 is 32.7 Å². The van der Waals surface area contributed by atoms with Crippen molar-refractivity contribution in [3.63, 3.8) is 0 Å². The van der Waals surface area contributed by atoms with Crippen molar-refractivity contribution in [2.45, 2.75) is 49.9 Å². The zero-order valence-electron chi connectivity index (χ0n) is 17.0. The lowest BCUT2D eigenvalue weighted by atomic mass is 10.1. The van der Waals surface area contributed by atoms with E-state index in [1.807, 2.05) is 0 Å². The molecular weight excluding hydrogens is 446 g/mol. The van der Waals surface area contributed by atoms with Crippen molar-refractivity contribution in [3.05, 3.63) is 0 Å². The topological polar surface area (TPSA) is 201 Å². The van der Waals surface area contributed by atoms with E-state index in [1.54, 1.807) is 0 Å². The summed E-state index contributed by atoms with van der Waals surface area (Å²) in [6.45, 7) is 0.986. The van der Waals surface area contributed by atoms with E-state index in [1.165, 1.54) is 0 Å². The third-order valence-electron chi connectivity index (χ3n) is 4.57. The average molecular weight is 478 g/mol. The molecule has 12 nitrogen and oxygen atoms in total. The van der Waals surface area contributed by atoms with Crippen LogP contribution in [0.4, 0.5) is 0 Å². The Kier molecular flexibility index (Phi) is 12.1. The van der Waals surface area contributed by atoms with Gasteiger partial charge in [0.05, 0.1) is 6.04 Å². The number of hydrogen-bond donors (Lipinski definition) is 9. The molecule has 0 radical (unpaired) electrons. The van der Waals surface area contributed by atoms with Gasteiger partial charge in [-0.15, -0.1) is 0 Å². The third kappa shape index (κ3) is 9.65. The molecule has 176 valence electrons. The molecule has 0 spiro atoms. The quantitative estimate of drug-likeness (QED) is 0.0585. The average Bonchev–Trinajstić information content (AvgIpc) is 3.26. The van der Waals surface area contributed by atoms with Crippen LogP contribution in [0.2, 0.25) is 0 Å². The highest BCUT2D eigenvalue weighted by atomic mass is 32.1. The maximum atomic E-state index is 12.8. The molecule has 1 heterocycles. The van der Waals surface area contributed by atoms with E-state index in [0.29, 0.717) is 12.8 Å². The van der Waals surface area contributed by atoms with Crippen molar-refractivity contribution in [2.75, 3.05) is 24.6 Å². The van der Waals surface area contributed by atoms with Gasteiger partial charge >= 0.3 is 5.97 Å². The molecule has 0 aromatic heterocycles. The fourth-order valence-electron chi connectivity index (χ4n) is 2.88. The Morgan fingerprint density at radius 3 is 2.16 bits per heavy atom. The monoisotopic (exact) mass is 477 g/mol. The Morgan fingerprint density at radius 2 is 1.65 bits per heavy atom. The van der Waals surface area contributed by atoms with Crippen molar-refractivity contribution in [3.8, 4) is 0 Å². The summed E-state index contributed by atoms with van der Waals surface area (Å²) < 4.78 is 0. The summed E-state index contributed by atoms with van der Waals surface area (Å²) in [5, 5.41) is 19.6. The molecule has 0 saturated carbocycles. The number of nitrogens with one attached hydrogen (secondary N) is 4. The summed E-state index contributed by atoms with van der Waals surface area (Å²) >= 11 is 7.95.